The summed E-state index contributed by atoms with van der Waals surface area (Å²) in [5.74, 6) is 1.41. The highest BCUT2D eigenvalue weighted by Gasteiger charge is 2.05. The molecule has 1 unspecified atom stereocenters. The first-order chi connectivity index (χ1) is 6.33. The predicted octanol–water partition coefficient (Wildman–Crippen LogP) is 1.47. The molecule has 1 atom stereocenters. The van der Waals surface area contributed by atoms with Crippen molar-refractivity contribution in [1.29, 1.82) is 0 Å². The van der Waals surface area contributed by atoms with Crippen molar-refractivity contribution in [3.05, 3.63) is 24.2 Å². The van der Waals surface area contributed by atoms with Gasteiger partial charge in [0.25, 0.3) is 0 Å². The number of hydrogen-bond donors (Lipinski definition) is 1. The van der Waals surface area contributed by atoms with Crippen LogP contribution in [0.4, 0.5) is 0 Å². The van der Waals surface area contributed by atoms with Gasteiger partial charge < -0.3 is 14.3 Å². The van der Waals surface area contributed by atoms with Crippen molar-refractivity contribution < 1.29 is 14.3 Å². The number of rotatable bonds is 6. The molecule has 13 heavy (non-hydrogen) atoms. The van der Waals surface area contributed by atoms with Crippen molar-refractivity contribution >= 4 is 0 Å². The molecule has 3 heteroatoms. The van der Waals surface area contributed by atoms with Crippen molar-refractivity contribution in [3.63, 3.8) is 0 Å². The fourth-order valence-electron chi connectivity index (χ4n) is 1.18. The summed E-state index contributed by atoms with van der Waals surface area (Å²) in [7, 11) is 0. The van der Waals surface area contributed by atoms with Gasteiger partial charge in [-0.05, 0) is 18.1 Å². The molecule has 3 nitrogen and oxygen atoms in total. The lowest BCUT2D eigenvalue weighted by Gasteiger charge is -2.09. The van der Waals surface area contributed by atoms with Crippen LogP contribution in [0.25, 0.3) is 0 Å². The van der Waals surface area contributed by atoms with Gasteiger partial charge in [-0.15, -0.1) is 0 Å². The van der Waals surface area contributed by atoms with Crippen molar-refractivity contribution in [2.75, 3.05) is 19.8 Å². The van der Waals surface area contributed by atoms with Gasteiger partial charge in [0.1, 0.15) is 5.76 Å². The first-order valence-corrected chi connectivity index (χ1v) is 4.54. The van der Waals surface area contributed by atoms with E-state index >= 15 is 0 Å². The van der Waals surface area contributed by atoms with Crippen LogP contribution < -0.4 is 0 Å². The Balaban J connectivity index is 2.14. The molecule has 0 aromatic carbocycles. The predicted molar refractivity (Wildman–Crippen MR) is 49.5 cm³/mol. The minimum absolute atomic E-state index is 0.0907. The van der Waals surface area contributed by atoms with Crippen LogP contribution in [0.2, 0.25) is 0 Å². The lowest BCUT2D eigenvalue weighted by atomic mass is 10.1. The van der Waals surface area contributed by atoms with Crippen LogP contribution in [0.15, 0.2) is 22.8 Å². The maximum Gasteiger partial charge on any atom is 0.104 e. The molecule has 1 rings (SSSR count). The minimum Gasteiger partial charge on any atom is -0.469 e. The van der Waals surface area contributed by atoms with Crippen LogP contribution in [-0.2, 0) is 11.2 Å². The summed E-state index contributed by atoms with van der Waals surface area (Å²) in [6, 6.07) is 3.85. The highest BCUT2D eigenvalue weighted by molar-refractivity contribution is 4.98. The zero-order valence-electron chi connectivity index (χ0n) is 7.90. The Bertz CT molecular complexity index is 206. The molecule has 1 N–H and O–H groups in total. The highest BCUT2D eigenvalue weighted by atomic mass is 16.5. The first kappa shape index (κ1) is 10.3. The summed E-state index contributed by atoms with van der Waals surface area (Å²) in [4.78, 5) is 0. The Morgan fingerprint density at radius 2 is 2.46 bits per heavy atom. The van der Waals surface area contributed by atoms with Crippen molar-refractivity contribution in [2.24, 2.45) is 5.92 Å². The fourth-order valence-corrected chi connectivity index (χ4v) is 1.18. The van der Waals surface area contributed by atoms with Gasteiger partial charge in [0, 0.05) is 13.0 Å². The average Bonchev–Trinajstić information content (AvgIpc) is 2.57. The topological polar surface area (TPSA) is 42.6 Å². The summed E-state index contributed by atoms with van der Waals surface area (Å²) in [5.41, 5.74) is 0. The lowest BCUT2D eigenvalue weighted by molar-refractivity contribution is 0.0705. The molecule has 1 aromatic heterocycles. The maximum atomic E-state index is 8.49. The van der Waals surface area contributed by atoms with Gasteiger partial charge >= 0.3 is 0 Å². The Morgan fingerprint density at radius 3 is 3.08 bits per heavy atom. The zero-order valence-corrected chi connectivity index (χ0v) is 7.90. The number of ether oxygens (including phenoxy) is 1. The van der Waals surface area contributed by atoms with Crippen LogP contribution >= 0.6 is 0 Å². The second-order valence-corrected chi connectivity index (χ2v) is 3.19. The molecular weight excluding hydrogens is 168 g/mol. The number of furan rings is 1. The molecule has 0 aliphatic carbocycles. The number of aliphatic hydroxyl groups is 1. The van der Waals surface area contributed by atoms with Crippen LogP contribution in [0.1, 0.15) is 12.7 Å². The highest BCUT2D eigenvalue weighted by Crippen LogP contribution is 2.08. The molecule has 0 aliphatic heterocycles. The van der Waals surface area contributed by atoms with Gasteiger partial charge in [-0.25, -0.2) is 0 Å². The monoisotopic (exact) mass is 184 g/mol. The van der Waals surface area contributed by atoms with Crippen LogP contribution in [0.3, 0.4) is 0 Å². The second-order valence-electron chi connectivity index (χ2n) is 3.19. The molecule has 1 heterocycles. The van der Waals surface area contributed by atoms with E-state index in [4.69, 9.17) is 14.3 Å². The quantitative estimate of drug-likeness (QED) is 0.681. The third kappa shape index (κ3) is 4.10. The molecular formula is C10H16O3. The van der Waals surface area contributed by atoms with E-state index in [0.29, 0.717) is 19.1 Å². The Hall–Kier alpha value is -0.800. The SMILES string of the molecule is CC(COCCO)Cc1ccco1. The van der Waals surface area contributed by atoms with E-state index in [2.05, 4.69) is 6.92 Å². The van der Waals surface area contributed by atoms with Crippen LogP contribution in [0, 0.1) is 5.92 Å². The fraction of sp³-hybridized carbons (Fsp3) is 0.600. The standard InChI is InChI=1S/C10H16O3/c1-9(8-12-6-4-11)7-10-3-2-5-13-10/h2-3,5,9,11H,4,6-8H2,1H3. The lowest BCUT2D eigenvalue weighted by Crippen LogP contribution is -2.10. The number of aliphatic hydroxyl groups excluding tert-OH is 1. The Morgan fingerprint density at radius 1 is 1.62 bits per heavy atom. The minimum atomic E-state index is 0.0907. The van der Waals surface area contributed by atoms with Crippen LogP contribution in [-0.4, -0.2) is 24.9 Å². The van der Waals surface area contributed by atoms with E-state index in [1.165, 1.54) is 0 Å². The second kappa shape index (κ2) is 5.78. The van der Waals surface area contributed by atoms with Crippen molar-refractivity contribution in [3.8, 4) is 0 Å². The largest absolute Gasteiger partial charge is 0.469 e. The normalized spacial score (nSPS) is 13.1. The van der Waals surface area contributed by atoms with Gasteiger partial charge in [0.05, 0.1) is 19.5 Å². The van der Waals surface area contributed by atoms with Gasteiger partial charge in [-0.3, -0.25) is 0 Å². The molecule has 74 valence electrons. The Kier molecular flexibility index (Phi) is 4.57. The first-order valence-electron chi connectivity index (χ1n) is 4.54. The zero-order chi connectivity index (χ0) is 9.52. The molecule has 0 radical (unpaired) electrons. The number of hydrogen-bond acceptors (Lipinski definition) is 3. The van der Waals surface area contributed by atoms with Crippen molar-refractivity contribution in [2.45, 2.75) is 13.3 Å². The molecule has 1 aromatic rings. The van der Waals surface area contributed by atoms with E-state index in [0.717, 1.165) is 12.2 Å². The van der Waals surface area contributed by atoms with Gasteiger partial charge in [0.2, 0.25) is 0 Å². The van der Waals surface area contributed by atoms with E-state index in [-0.39, 0.29) is 6.61 Å². The van der Waals surface area contributed by atoms with Gasteiger partial charge in [-0.1, -0.05) is 6.92 Å². The van der Waals surface area contributed by atoms with E-state index in [9.17, 15) is 0 Å². The molecule has 0 amide bonds. The van der Waals surface area contributed by atoms with E-state index < -0.39 is 0 Å². The Labute approximate surface area is 78.3 Å². The average molecular weight is 184 g/mol. The maximum absolute atomic E-state index is 8.49. The third-order valence-electron chi connectivity index (χ3n) is 1.77. The molecule has 0 spiro atoms. The summed E-state index contributed by atoms with van der Waals surface area (Å²) >= 11 is 0. The van der Waals surface area contributed by atoms with E-state index in [1.807, 2.05) is 12.1 Å². The molecule has 0 saturated heterocycles. The smallest absolute Gasteiger partial charge is 0.104 e. The van der Waals surface area contributed by atoms with Crippen LogP contribution in [0.5, 0.6) is 0 Å². The summed E-state index contributed by atoms with van der Waals surface area (Å²) < 4.78 is 10.4. The third-order valence-corrected chi connectivity index (χ3v) is 1.77. The summed E-state index contributed by atoms with van der Waals surface area (Å²) in [6.07, 6.45) is 2.56. The van der Waals surface area contributed by atoms with E-state index in [1.54, 1.807) is 6.26 Å². The van der Waals surface area contributed by atoms with Crippen molar-refractivity contribution in [1.82, 2.24) is 0 Å². The van der Waals surface area contributed by atoms with Gasteiger partial charge in [-0.2, -0.15) is 0 Å². The molecule has 0 aliphatic rings. The van der Waals surface area contributed by atoms with Gasteiger partial charge in [0.15, 0.2) is 0 Å². The molecule has 0 fully saturated rings. The molecule has 0 bridgehead atoms. The summed E-state index contributed by atoms with van der Waals surface area (Å²) in [6.45, 7) is 3.27. The molecule has 0 saturated carbocycles. The summed E-state index contributed by atoms with van der Waals surface area (Å²) in [5, 5.41) is 8.49.